The van der Waals surface area contributed by atoms with E-state index in [-0.39, 0.29) is 0 Å². The van der Waals surface area contributed by atoms with Gasteiger partial charge in [0, 0.05) is 13.1 Å². The van der Waals surface area contributed by atoms with Crippen LogP contribution in [0.15, 0.2) is 0 Å². The van der Waals surface area contributed by atoms with Crippen LogP contribution in [0.2, 0.25) is 0 Å². The van der Waals surface area contributed by atoms with Crippen LogP contribution in [0.3, 0.4) is 0 Å². The number of nitrogens with zero attached hydrogens (tertiary/aromatic N) is 1. The van der Waals surface area contributed by atoms with Crippen LogP contribution in [0.25, 0.3) is 0 Å². The summed E-state index contributed by atoms with van der Waals surface area (Å²) in [5, 5.41) is 3.44. The van der Waals surface area contributed by atoms with Crippen LogP contribution in [0, 0.1) is 0 Å². The lowest BCUT2D eigenvalue weighted by Crippen LogP contribution is -2.35. The van der Waals surface area contributed by atoms with E-state index < -0.39 is 0 Å². The van der Waals surface area contributed by atoms with Gasteiger partial charge in [-0.1, -0.05) is 6.92 Å². The zero-order chi connectivity index (χ0) is 12.5. The van der Waals surface area contributed by atoms with E-state index in [1.807, 2.05) is 0 Å². The molecule has 0 aromatic carbocycles. The van der Waals surface area contributed by atoms with Crippen molar-refractivity contribution in [3.05, 3.63) is 0 Å². The third kappa shape index (κ3) is 7.02. The highest BCUT2D eigenvalue weighted by Gasteiger charge is 2.18. The lowest BCUT2D eigenvalue weighted by atomic mass is 10.1. The maximum atomic E-state index is 6.09. The number of piperidine rings is 1. The third-order valence-electron chi connectivity index (χ3n) is 3.48. The topological polar surface area (TPSA) is 24.5 Å². The van der Waals surface area contributed by atoms with Gasteiger partial charge in [0.2, 0.25) is 0 Å². The summed E-state index contributed by atoms with van der Waals surface area (Å²) in [6.07, 6.45) is 6.97. The summed E-state index contributed by atoms with van der Waals surface area (Å²) < 4.78 is 6.09. The van der Waals surface area contributed by atoms with Gasteiger partial charge in [0.05, 0.1) is 12.2 Å². The fraction of sp³-hybridized carbons (Fsp3) is 1.00. The molecule has 0 spiro atoms. The second-order valence-corrected chi connectivity index (χ2v) is 5.34. The summed E-state index contributed by atoms with van der Waals surface area (Å²) in [5.74, 6) is 0. The van der Waals surface area contributed by atoms with E-state index in [0.29, 0.717) is 12.2 Å². The predicted octanol–water partition coefficient (Wildman–Crippen LogP) is 2.27. The van der Waals surface area contributed by atoms with Crippen molar-refractivity contribution in [1.29, 1.82) is 0 Å². The summed E-state index contributed by atoms with van der Waals surface area (Å²) in [5.41, 5.74) is 0. The van der Waals surface area contributed by atoms with E-state index in [1.165, 1.54) is 45.2 Å². The minimum Gasteiger partial charge on any atom is -0.375 e. The van der Waals surface area contributed by atoms with E-state index in [1.54, 1.807) is 0 Å². The first-order chi connectivity index (χ1) is 8.22. The van der Waals surface area contributed by atoms with E-state index in [0.717, 1.165) is 13.1 Å². The Morgan fingerprint density at radius 1 is 1.29 bits per heavy atom. The highest BCUT2D eigenvalue weighted by molar-refractivity contribution is 4.71. The number of hydrogen-bond acceptors (Lipinski definition) is 3. The normalized spacial score (nSPS) is 20.6. The summed E-state index contributed by atoms with van der Waals surface area (Å²) in [7, 11) is 2.19. The molecule has 3 heteroatoms. The molecule has 1 heterocycles. The Morgan fingerprint density at radius 2 is 2.00 bits per heavy atom. The van der Waals surface area contributed by atoms with Crippen LogP contribution in [0.4, 0.5) is 0 Å². The lowest BCUT2D eigenvalue weighted by molar-refractivity contribution is -0.0349. The molecule has 1 fully saturated rings. The van der Waals surface area contributed by atoms with Gasteiger partial charge in [0.1, 0.15) is 0 Å². The molecule has 1 aliphatic rings. The van der Waals surface area contributed by atoms with Crippen molar-refractivity contribution in [2.24, 2.45) is 0 Å². The molecule has 1 unspecified atom stereocenters. The summed E-state index contributed by atoms with van der Waals surface area (Å²) in [6.45, 7) is 9.08. The van der Waals surface area contributed by atoms with Crippen LogP contribution in [-0.4, -0.2) is 50.3 Å². The van der Waals surface area contributed by atoms with Crippen LogP contribution in [-0.2, 0) is 4.74 Å². The molecule has 1 N–H and O–H groups in total. The summed E-state index contributed by atoms with van der Waals surface area (Å²) in [6, 6.07) is 0. The second kappa shape index (κ2) is 8.90. The first-order valence-corrected chi connectivity index (χ1v) is 7.27. The largest absolute Gasteiger partial charge is 0.375 e. The molecule has 0 aromatic heterocycles. The Kier molecular flexibility index (Phi) is 7.82. The molecular formula is C14H30N2O. The van der Waals surface area contributed by atoms with E-state index in [9.17, 15) is 0 Å². The Bertz CT molecular complexity index is 179. The summed E-state index contributed by atoms with van der Waals surface area (Å²) >= 11 is 0. The molecule has 0 saturated carbocycles. The third-order valence-corrected chi connectivity index (χ3v) is 3.48. The molecule has 102 valence electrons. The molecule has 1 rings (SSSR count). The van der Waals surface area contributed by atoms with Crippen molar-refractivity contribution in [2.45, 2.75) is 58.2 Å². The molecule has 0 aromatic rings. The summed E-state index contributed by atoms with van der Waals surface area (Å²) in [4.78, 5) is 2.39. The van der Waals surface area contributed by atoms with Gasteiger partial charge in [-0.05, 0) is 59.2 Å². The Labute approximate surface area is 107 Å². The number of ether oxygens (including phenoxy) is 1. The molecule has 1 saturated heterocycles. The van der Waals surface area contributed by atoms with Gasteiger partial charge >= 0.3 is 0 Å². The number of hydrogen-bond donors (Lipinski definition) is 1. The van der Waals surface area contributed by atoms with Gasteiger partial charge in [-0.15, -0.1) is 0 Å². The van der Waals surface area contributed by atoms with Gasteiger partial charge in [0.25, 0.3) is 0 Å². The highest BCUT2D eigenvalue weighted by atomic mass is 16.5. The van der Waals surface area contributed by atoms with Gasteiger partial charge in [-0.3, -0.25) is 0 Å². The van der Waals surface area contributed by atoms with Crippen LogP contribution in [0.1, 0.15) is 46.0 Å². The van der Waals surface area contributed by atoms with Crippen molar-refractivity contribution >= 4 is 0 Å². The van der Waals surface area contributed by atoms with Gasteiger partial charge in [-0.25, -0.2) is 0 Å². The highest BCUT2D eigenvalue weighted by Crippen LogP contribution is 2.15. The quantitative estimate of drug-likeness (QED) is 0.661. The molecule has 1 aliphatic heterocycles. The lowest BCUT2D eigenvalue weighted by Gasteiger charge is -2.31. The van der Waals surface area contributed by atoms with E-state index in [4.69, 9.17) is 4.74 Å². The van der Waals surface area contributed by atoms with Crippen molar-refractivity contribution in [3.8, 4) is 0 Å². The molecule has 3 nitrogen and oxygen atoms in total. The molecule has 0 amide bonds. The first kappa shape index (κ1) is 14.9. The Morgan fingerprint density at radius 3 is 2.65 bits per heavy atom. The van der Waals surface area contributed by atoms with Gasteiger partial charge in [0.15, 0.2) is 0 Å². The molecular weight excluding hydrogens is 212 g/mol. The standard InChI is InChI=1S/C14H30N2O/c1-4-9-15-10-5-6-13(2)17-14-7-11-16(3)12-8-14/h13-15H,4-12H2,1-3H3. The van der Waals surface area contributed by atoms with E-state index in [2.05, 4.69) is 31.1 Å². The maximum Gasteiger partial charge on any atom is 0.0603 e. The van der Waals surface area contributed by atoms with Crippen LogP contribution < -0.4 is 5.32 Å². The number of rotatable bonds is 8. The zero-order valence-corrected chi connectivity index (χ0v) is 11.9. The fourth-order valence-electron chi connectivity index (χ4n) is 2.33. The molecule has 0 bridgehead atoms. The number of likely N-dealkylation sites (tertiary alicyclic amines) is 1. The van der Waals surface area contributed by atoms with Crippen molar-refractivity contribution in [1.82, 2.24) is 10.2 Å². The number of nitrogens with one attached hydrogen (secondary N) is 1. The van der Waals surface area contributed by atoms with E-state index >= 15 is 0 Å². The van der Waals surface area contributed by atoms with Crippen LogP contribution >= 0.6 is 0 Å². The fourth-order valence-corrected chi connectivity index (χ4v) is 2.33. The predicted molar refractivity (Wildman–Crippen MR) is 73.5 cm³/mol. The van der Waals surface area contributed by atoms with Crippen LogP contribution in [0.5, 0.6) is 0 Å². The zero-order valence-electron chi connectivity index (χ0n) is 11.9. The average molecular weight is 242 g/mol. The van der Waals surface area contributed by atoms with Crippen molar-refractivity contribution in [2.75, 3.05) is 33.2 Å². The maximum absolute atomic E-state index is 6.09. The van der Waals surface area contributed by atoms with Gasteiger partial charge < -0.3 is 15.0 Å². The minimum absolute atomic E-state index is 0.423. The second-order valence-electron chi connectivity index (χ2n) is 5.34. The van der Waals surface area contributed by atoms with Crippen molar-refractivity contribution < 1.29 is 4.74 Å². The Hall–Kier alpha value is -0.120. The smallest absolute Gasteiger partial charge is 0.0603 e. The Balaban J connectivity index is 1.98. The minimum atomic E-state index is 0.423. The molecule has 0 radical (unpaired) electrons. The molecule has 0 aliphatic carbocycles. The van der Waals surface area contributed by atoms with Crippen molar-refractivity contribution in [3.63, 3.8) is 0 Å². The monoisotopic (exact) mass is 242 g/mol. The van der Waals surface area contributed by atoms with Gasteiger partial charge in [-0.2, -0.15) is 0 Å². The molecule has 17 heavy (non-hydrogen) atoms. The average Bonchev–Trinajstić information content (AvgIpc) is 2.32. The SMILES string of the molecule is CCCNCCCC(C)OC1CCN(C)CC1. The molecule has 1 atom stereocenters. The first-order valence-electron chi connectivity index (χ1n) is 7.27.